The Morgan fingerprint density at radius 3 is 0.865 bits per heavy atom. The summed E-state index contributed by atoms with van der Waals surface area (Å²) in [5, 5.41) is 0. The van der Waals surface area contributed by atoms with Crippen LogP contribution in [0.4, 0.5) is 0 Å². The largest absolute Gasteiger partial charge is 0.462 e. The molecule has 0 amide bonds. The average Bonchev–Trinajstić information content (AvgIpc) is 3.40. The number of carbonyl (C=O) groups excluding carboxylic acids is 3. The molecular weight excluding hydrogens is 913 g/mol. The van der Waals surface area contributed by atoms with Gasteiger partial charge < -0.3 is 14.2 Å². The molecule has 0 radical (unpaired) electrons. The summed E-state index contributed by atoms with van der Waals surface area (Å²) in [4.78, 5) is 38.3. The van der Waals surface area contributed by atoms with E-state index in [0.717, 1.165) is 89.9 Å². The van der Waals surface area contributed by atoms with Crippen LogP contribution in [0.2, 0.25) is 0 Å². The molecule has 0 bridgehead atoms. The van der Waals surface area contributed by atoms with Crippen molar-refractivity contribution >= 4 is 17.9 Å². The summed E-state index contributed by atoms with van der Waals surface area (Å²) in [5.41, 5.74) is 0. The Balaban J connectivity index is 4.28. The van der Waals surface area contributed by atoms with Gasteiger partial charge in [0.25, 0.3) is 0 Å². The molecule has 0 aromatic carbocycles. The van der Waals surface area contributed by atoms with Gasteiger partial charge in [0.2, 0.25) is 0 Å². The lowest BCUT2D eigenvalue weighted by Gasteiger charge is -2.18. The summed E-state index contributed by atoms with van der Waals surface area (Å²) in [7, 11) is 0. The van der Waals surface area contributed by atoms with Gasteiger partial charge in [0.15, 0.2) is 6.10 Å². The van der Waals surface area contributed by atoms with Gasteiger partial charge in [-0.2, -0.15) is 0 Å². The molecule has 74 heavy (non-hydrogen) atoms. The molecule has 0 N–H and O–H groups in total. The van der Waals surface area contributed by atoms with Gasteiger partial charge in [-0.3, -0.25) is 14.4 Å². The van der Waals surface area contributed by atoms with Crippen LogP contribution in [-0.4, -0.2) is 37.2 Å². The highest BCUT2D eigenvalue weighted by Crippen LogP contribution is 2.17. The van der Waals surface area contributed by atoms with Crippen molar-refractivity contribution in [2.24, 2.45) is 0 Å². The van der Waals surface area contributed by atoms with Gasteiger partial charge in [-0.1, -0.05) is 293 Å². The van der Waals surface area contributed by atoms with Crippen LogP contribution in [0, 0.1) is 0 Å². The third-order valence-electron chi connectivity index (χ3n) is 14.3. The number of hydrogen-bond donors (Lipinski definition) is 0. The monoisotopic (exact) mass is 1030 g/mol. The van der Waals surface area contributed by atoms with Crippen LogP contribution < -0.4 is 0 Å². The Morgan fingerprint density at radius 1 is 0.284 bits per heavy atom. The molecule has 0 aliphatic carbocycles. The van der Waals surface area contributed by atoms with Crippen LogP contribution in [0.25, 0.3) is 0 Å². The molecule has 1 atom stereocenters. The molecule has 0 aromatic heterocycles. The summed E-state index contributed by atoms with van der Waals surface area (Å²) in [6.45, 7) is 6.52. The van der Waals surface area contributed by atoms with E-state index in [-0.39, 0.29) is 31.1 Å². The molecule has 430 valence electrons. The second-order valence-corrected chi connectivity index (χ2v) is 21.6. The van der Waals surface area contributed by atoms with Gasteiger partial charge in [-0.25, -0.2) is 0 Å². The molecule has 1 unspecified atom stereocenters. The minimum atomic E-state index is -0.788. The highest BCUT2D eigenvalue weighted by Gasteiger charge is 2.19. The van der Waals surface area contributed by atoms with E-state index < -0.39 is 6.10 Å². The van der Waals surface area contributed by atoms with E-state index in [9.17, 15) is 14.4 Å². The van der Waals surface area contributed by atoms with E-state index in [1.807, 2.05) is 0 Å². The van der Waals surface area contributed by atoms with Crippen LogP contribution in [-0.2, 0) is 28.6 Å². The Bertz CT molecular complexity index is 1330. The van der Waals surface area contributed by atoms with Gasteiger partial charge in [-0.05, 0) is 83.5 Å². The standard InChI is InChI=1S/C68H122O6/c1-4-7-10-13-16-19-22-25-27-29-31-32-33-34-35-37-38-40-43-46-49-52-55-58-61-67(70)73-64-65(63-72-66(69)60-57-54-51-48-45-42-24-21-18-15-12-9-6-3)74-68(71)62-59-56-53-50-47-44-41-39-36-30-28-26-23-20-17-14-11-8-5-2/h9,12,17-18,20-21,26,28,42,45,65H,4-8,10-11,13-16,19,22-25,27,29-41,43-44,46-64H2,1-3H3/b12-9-,20-17-,21-18-,28-26-,45-42-. The first-order valence-corrected chi connectivity index (χ1v) is 32.3. The van der Waals surface area contributed by atoms with Crippen molar-refractivity contribution in [3.05, 3.63) is 60.8 Å². The van der Waals surface area contributed by atoms with Crippen molar-refractivity contribution in [1.82, 2.24) is 0 Å². The van der Waals surface area contributed by atoms with E-state index >= 15 is 0 Å². The molecule has 0 aliphatic heterocycles. The third-order valence-corrected chi connectivity index (χ3v) is 14.3. The van der Waals surface area contributed by atoms with Crippen molar-refractivity contribution in [2.45, 2.75) is 341 Å². The Kier molecular flexibility index (Phi) is 60.2. The molecule has 0 aliphatic rings. The molecular formula is C68H122O6. The van der Waals surface area contributed by atoms with Crippen LogP contribution >= 0.6 is 0 Å². The van der Waals surface area contributed by atoms with Crippen molar-refractivity contribution in [1.29, 1.82) is 0 Å². The predicted octanol–water partition coefficient (Wildman–Crippen LogP) is 21.9. The van der Waals surface area contributed by atoms with E-state index in [1.54, 1.807) is 0 Å². The number of rotatable bonds is 59. The molecule has 0 heterocycles. The van der Waals surface area contributed by atoms with Crippen LogP contribution in [0.1, 0.15) is 335 Å². The zero-order chi connectivity index (χ0) is 53.6. The molecule has 6 heteroatoms. The lowest BCUT2D eigenvalue weighted by Crippen LogP contribution is -2.30. The van der Waals surface area contributed by atoms with Crippen LogP contribution in [0.15, 0.2) is 60.8 Å². The van der Waals surface area contributed by atoms with Gasteiger partial charge in [0.05, 0.1) is 0 Å². The summed E-state index contributed by atoms with van der Waals surface area (Å²) < 4.78 is 16.9. The molecule has 6 nitrogen and oxygen atoms in total. The number of esters is 3. The molecule has 0 spiro atoms. The maximum Gasteiger partial charge on any atom is 0.306 e. The zero-order valence-electron chi connectivity index (χ0n) is 49.4. The quantitative estimate of drug-likeness (QED) is 0.0261. The summed E-state index contributed by atoms with van der Waals surface area (Å²) in [5.74, 6) is -0.900. The normalized spacial score (nSPS) is 12.4. The number of allylic oxidation sites excluding steroid dienone is 10. The smallest absolute Gasteiger partial charge is 0.306 e. The third kappa shape index (κ3) is 60.0. The Labute approximate surface area is 460 Å². The lowest BCUT2D eigenvalue weighted by atomic mass is 10.0. The van der Waals surface area contributed by atoms with Gasteiger partial charge in [-0.15, -0.1) is 0 Å². The molecule has 0 saturated heterocycles. The maximum absolute atomic E-state index is 12.9. The maximum atomic E-state index is 12.9. The molecule has 0 fully saturated rings. The number of unbranched alkanes of at least 4 members (excludes halogenated alkanes) is 38. The van der Waals surface area contributed by atoms with Gasteiger partial charge in [0, 0.05) is 19.3 Å². The highest BCUT2D eigenvalue weighted by atomic mass is 16.6. The fraction of sp³-hybridized carbons (Fsp3) is 0.809. The average molecular weight is 1040 g/mol. The lowest BCUT2D eigenvalue weighted by molar-refractivity contribution is -0.167. The van der Waals surface area contributed by atoms with E-state index in [2.05, 4.69) is 81.5 Å². The predicted molar refractivity (Wildman–Crippen MR) is 321 cm³/mol. The second kappa shape index (κ2) is 62.6. The van der Waals surface area contributed by atoms with E-state index in [0.29, 0.717) is 19.3 Å². The molecule has 0 saturated carbocycles. The van der Waals surface area contributed by atoms with Gasteiger partial charge in [0.1, 0.15) is 13.2 Å². The fourth-order valence-corrected chi connectivity index (χ4v) is 9.43. The first-order chi connectivity index (χ1) is 36.5. The van der Waals surface area contributed by atoms with Crippen molar-refractivity contribution in [2.75, 3.05) is 13.2 Å². The van der Waals surface area contributed by atoms with Crippen molar-refractivity contribution in [3.63, 3.8) is 0 Å². The second-order valence-electron chi connectivity index (χ2n) is 21.6. The molecule has 0 aromatic rings. The topological polar surface area (TPSA) is 78.9 Å². The van der Waals surface area contributed by atoms with Crippen molar-refractivity contribution < 1.29 is 28.6 Å². The summed E-state index contributed by atoms with van der Waals surface area (Å²) >= 11 is 0. The first-order valence-electron chi connectivity index (χ1n) is 32.3. The van der Waals surface area contributed by atoms with Gasteiger partial charge >= 0.3 is 17.9 Å². The fourth-order valence-electron chi connectivity index (χ4n) is 9.43. The number of carbonyl (C=O) groups is 3. The minimum absolute atomic E-state index is 0.0823. The SMILES string of the molecule is CC/C=C\C/C=C\C/C=C\CCCCCC(=O)OCC(COC(=O)CCCCCCCCCCCCCCCCCCCCCCCCCC)OC(=O)CCCCCCCCCCC/C=C\C/C=C\CCCCC. The first kappa shape index (κ1) is 71.1. The summed E-state index contributed by atoms with van der Waals surface area (Å²) in [6.07, 6.45) is 79.5. The van der Waals surface area contributed by atoms with Crippen LogP contribution in [0.5, 0.6) is 0 Å². The number of hydrogen-bond acceptors (Lipinski definition) is 6. The molecule has 0 rings (SSSR count). The minimum Gasteiger partial charge on any atom is -0.462 e. The Hall–Kier alpha value is -2.89. The highest BCUT2D eigenvalue weighted by molar-refractivity contribution is 5.71. The van der Waals surface area contributed by atoms with Crippen LogP contribution in [0.3, 0.4) is 0 Å². The van der Waals surface area contributed by atoms with E-state index in [1.165, 1.54) is 205 Å². The number of ether oxygens (including phenoxy) is 3. The van der Waals surface area contributed by atoms with Crippen molar-refractivity contribution in [3.8, 4) is 0 Å². The summed E-state index contributed by atoms with van der Waals surface area (Å²) in [6, 6.07) is 0. The van der Waals surface area contributed by atoms with E-state index in [4.69, 9.17) is 14.2 Å². The Morgan fingerprint density at radius 2 is 0.527 bits per heavy atom. The zero-order valence-corrected chi connectivity index (χ0v) is 49.4.